The molecule has 1 saturated heterocycles. The summed E-state index contributed by atoms with van der Waals surface area (Å²) in [4.78, 5) is 26.0. The number of likely N-dealkylation sites (tertiary alicyclic amines) is 1. The number of aromatic nitrogens is 2. The van der Waals surface area contributed by atoms with Crippen LogP contribution >= 0.6 is 0 Å². The number of carbonyl (C=O) groups is 2. The minimum Gasteiger partial charge on any atom is -0.481 e. The number of hydrogen-bond donors (Lipinski definition) is 1. The van der Waals surface area contributed by atoms with Gasteiger partial charge in [-0.1, -0.05) is 13.8 Å². The lowest BCUT2D eigenvalue weighted by Gasteiger charge is -2.20. The molecule has 1 saturated carbocycles. The van der Waals surface area contributed by atoms with E-state index in [9.17, 15) is 14.7 Å². The van der Waals surface area contributed by atoms with Gasteiger partial charge in [-0.15, -0.1) is 0 Å². The molecule has 1 aliphatic heterocycles. The van der Waals surface area contributed by atoms with Crippen molar-refractivity contribution in [1.29, 1.82) is 0 Å². The van der Waals surface area contributed by atoms with Crippen LogP contribution in [0.3, 0.4) is 0 Å². The molecular formula is C17H25N3O3. The maximum Gasteiger partial charge on any atom is 0.311 e. The lowest BCUT2D eigenvalue weighted by molar-refractivity contribution is -0.147. The first-order valence-corrected chi connectivity index (χ1v) is 8.40. The lowest BCUT2D eigenvalue weighted by atomic mass is 9.90. The summed E-state index contributed by atoms with van der Waals surface area (Å²) in [5, 5.41) is 13.8. The summed E-state index contributed by atoms with van der Waals surface area (Å²) in [7, 11) is 0. The minimum atomic E-state index is -0.830. The number of aliphatic carboxylic acids is 1. The highest BCUT2D eigenvalue weighted by atomic mass is 16.4. The highest BCUT2D eigenvalue weighted by molar-refractivity contribution is 5.96. The molecule has 3 rings (SSSR count). The van der Waals surface area contributed by atoms with E-state index in [0.717, 1.165) is 25.1 Å². The van der Waals surface area contributed by atoms with Crippen LogP contribution in [0.1, 0.15) is 62.0 Å². The summed E-state index contributed by atoms with van der Waals surface area (Å²) in [6, 6.07) is 0. The van der Waals surface area contributed by atoms with Crippen LogP contribution in [0, 0.1) is 11.3 Å². The van der Waals surface area contributed by atoms with Crippen molar-refractivity contribution in [1.82, 2.24) is 14.7 Å². The van der Waals surface area contributed by atoms with Gasteiger partial charge < -0.3 is 10.0 Å². The molecule has 1 aromatic rings. The van der Waals surface area contributed by atoms with Crippen LogP contribution in [0.4, 0.5) is 0 Å². The molecule has 23 heavy (non-hydrogen) atoms. The Labute approximate surface area is 136 Å². The van der Waals surface area contributed by atoms with Gasteiger partial charge in [0.25, 0.3) is 5.91 Å². The Morgan fingerprint density at radius 1 is 1.43 bits per heavy atom. The molecule has 1 atom stereocenters. The van der Waals surface area contributed by atoms with Crippen molar-refractivity contribution in [2.45, 2.75) is 52.5 Å². The third-order valence-electron chi connectivity index (χ3n) is 4.89. The molecule has 2 fully saturated rings. The van der Waals surface area contributed by atoms with Gasteiger partial charge in [0.05, 0.1) is 22.9 Å². The standard InChI is InChI=1S/C17H25N3O3/c1-11(2)9-20-14(12-4-5-12)13(8-18-20)15(21)19-7-6-17(3,10-19)16(22)23/h8,11-12H,4-7,9-10H2,1-3H3,(H,22,23). The third-order valence-corrected chi connectivity index (χ3v) is 4.89. The topological polar surface area (TPSA) is 75.4 Å². The zero-order chi connectivity index (χ0) is 16.8. The molecule has 0 bridgehead atoms. The van der Waals surface area contributed by atoms with Crippen molar-refractivity contribution in [3.8, 4) is 0 Å². The van der Waals surface area contributed by atoms with E-state index in [1.54, 1.807) is 18.0 Å². The molecular weight excluding hydrogens is 294 g/mol. The van der Waals surface area contributed by atoms with Crippen LogP contribution in [0.2, 0.25) is 0 Å². The van der Waals surface area contributed by atoms with Crippen LogP contribution in [0.15, 0.2) is 6.20 Å². The summed E-state index contributed by atoms with van der Waals surface area (Å²) in [5.74, 6) is 0.0127. The summed E-state index contributed by atoms with van der Waals surface area (Å²) < 4.78 is 1.97. The fourth-order valence-electron chi connectivity index (χ4n) is 3.32. The van der Waals surface area contributed by atoms with Crippen molar-refractivity contribution < 1.29 is 14.7 Å². The first kappa shape index (κ1) is 16.0. The van der Waals surface area contributed by atoms with Gasteiger partial charge in [-0.25, -0.2) is 0 Å². The van der Waals surface area contributed by atoms with E-state index in [4.69, 9.17) is 0 Å². The Morgan fingerprint density at radius 2 is 2.13 bits per heavy atom. The smallest absolute Gasteiger partial charge is 0.311 e. The quantitative estimate of drug-likeness (QED) is 0.904. The Kier molecular flexibility index (Phi) is 3.94. The van der Waals surface area contributed by atoms with Gasteiger partial charge in [0.15, 0.2) is 0 Å². The average molecular weight is 319 g/mol. The molecule has 0 aromatic carbocycles. The van der Waals surface area contributed by atoms with Gasteiger partial charge in [0.2, 0.25) is 0 Å². The zero-order valence-electron chi connectivity index (χ0n) is 14.1. The average Bonchev–Trinajstić information content (AvgIpc) is 3.10. The zero-order valence-corrected chi connectivity index (χ0v) is 14.1. The molecule has 1 amide bonds. The van der Waals surface area contributed by atoms with E-state index in [1.165, 1.54) is 0 Å². The molecule has 126 valence electrons. The Bertz CT molecular complexity index is 633. The van der Waals surface area contributed by atoms with Gasteiger partial charge in [-0.05, 0) is 32.1 Å². The molecule has 6 heteroatoms. The molecule has 1 aliphatic carbocycles. The second-order valence-electron chi connectivity index (χ2n) is 7.64. The lowest BCUT2D eigenvalue weighted by Crippen LogP contribution is -2.35. The number of nitrogens with zero attached hydrogens (tertiary/aromatic N) is 3. The Hall–Kier alpha value is -1.85. The third kappa shape index (κ3) is 2.99. The molecule has 6 nitrogen and oxygen atoms in total. The van der Waals surface area contributed by atoms with Gasteiger partial charge in [0.1, 0.15) is 0 Å². The Morgan fingerprint density at radius 3 is 2.65 bits per heavy atom. The summed E-state index contributed by atoms with van der Waals surface area (Å²) >= 11 is 0. The van der Waals surface area contributed by atoms with E-state index in [2.05, 4.69) is 18.9 Å². The number of carboxylic acid groups (broad SMARTS) is 1. The molecule has 1 aromatic heterocycles. The fraction of sp³-hybridized carbons (Fsp3) is 0.706. The van der Waals surface area contributed by atoms with Crippen LogP contribution < -0.4 is 0 Å². The number of rotatable bonds is 5. The predicted molar refractivity (Wildman–Crippen MR) is 85.3 cm³/mol. The fourth-order valence-corrected chi connectivity index (χ4v) is 3.32. The van der Waals surface area contributed by atoms with Crippen molar-refractivity contribution >= 4 is 11.9 Å². The number of carbonyl (C=O) groups excluding carboxylic acids is 1. The first-order valence-electron chi connectivity index (χ1n) is 8.40. The van der Waals surface area contributed by atoms with Crippen molar-refractivity contribution in [3.63, 3.8) is 0 Å². The van der Waals surface area contributed by atoms with E-state index < -0.39 is 11.4 Å². The molecule has 2 aliphatic rings. The number of amides is 1. The van der Waals surface area contributed by atoms with E-state index in [-0.39, 0.29) is 12.5 Å². The highest BCUT2D eigenvalue weighted by Gasteiger charge is 2.43. The number of carboxylic acids is 1. The maximum atomic E-state index is 12.9. The van der Waals surface area contributed by atoms with Gasteiger partial charge in [0, 0.05) is 25.6 Å². The van der Waals surface area contributed by atoms with Crippen LogP contribution in [0.25, 0.3) is 0 Å². The molecule has 0 spiro atoms. The van der Waals surface area contributed by atoms with Gasteiger partial charge >= 0.3 is 5.97 Å². The second-order valence-corrected chi connectivity index (χ2v) is 7.64. The van der Waals surface area contributed by atoms with Crippen LogP contribution in [0.5, 0.6) is 0 Å². The molecule has 2 heterocycles. The normalized spacial score (nSPS) is 24.4. The monoisotopic (exact) mass is 319 g/mol. The highest BCUT2D eigenvalue weighted by Crippen LogP contribution is 2.42. The largest absolute Gasteiger partial charge is 0.481 e. The molecule has 1 unspecified atom stereocenters. The molecule has 1 N–H and O–H groups in total. The summed E-state index contributed by atoms with van der Waals surface area (Å²) in [6.07, 6.45) is 4.40. The summed E-state index contributed by atoms with van der Waals surface area (Å²) in [5.41, 5.74) is 0.888. The minimum absolute atomic E-state index is 0.0631. The van der Waals surface area contributed by atoms with Gasteiger partial charge in [-0.2, -0.15) is 5.10 Å². The second kappa shape index (κ2) is 5.65. The SMILES string of the molecule is CC(C)Cn1ncc(C(=O)N2CCC(C)(C(=O)O)C2)c1C1CC1. The van der Waals surface area contributed by atoms with Crippen molar-refractivity contribution in [2.24, 2.45) is 11.3 Å². The van der Waals surface area contributed by atoms with Crippen molar-refractivity contribution in [3.05, 3.63) is 17.5 Å². The maximum absolute atomic E-state index is 12.9. The van der Waals surface area contributed by atoms with E-state index >= 15 is 0 Å². The van der Waals surface area contributed by atoms with E-state index in [1.807, 2.05) is 4.68 Å². The molecule has 0 radical (unpaired) electrons. The Balaban J connectivity index is 1.83. The summed E-state index contributed by atoms with van der Waals surface area (Å²) in [6.45, 7) is 7.58. The van der Waals surface area contributed by atoms with Gasteiger partial charge in [-0.3, -0.25) is 14.3 Å². The van der Waals surface area contributed by atoms with Crippen molar-refractivity contribution in [2.75, 3.05) is 13.1 Å². The number of hydrogen-bond acceptors (Lipinski definition) is 3. The van der Waals surface area contributed by atoms with Crippen LogP contribution in [-0.4, -0.2) is 44.8 Å². The predicted octanol–water partition coefficient (Wildman–Crippen LogP) is 2.35. The first-order chi connectivity index (χ1) is 10.8. The van der Waals surface area contributed by atoms with Crippen LogP contribution in [-0.2, 0) is 11.3 Å². The van der Waals surface area contributed by atoms with E-state index in [0.29, 0.717) is 30.4 Å².